The molecule has 0 unspecified atom stereocenters. The predicted octanol–water partition coefficient (Wildman–Crippen LogP) is 3.21. The number of esters is 1. The van der Waals surface area contributed by atoms with Crippen LogP contribution in [0.4, 0.5) is 0 Å². The van der Waals surface area contributed by atoms with Crippen LogP contribution in [0.1, 0.15) is 45.4 Å². The second kappa shape index (κ2) is 9.90. The molecule has 3 heteroatoms. The smallest absolute Gasteiger partial charge is 0.306 e. The first-order chi connectivity index (χ1) is 6.31. The number of rotatable bonds is 8. The molecule has 2 nitrogen and oxygen atoms in total. The molecule has 0 bridgehead atoms. The summed E-state index contributed by atoms with van der Waals surface area (Å²) < 4.78 is 4.92. The summed E-state index contributed by atoms with van der Waals surface area (Å²) in [7, 11) is 0. The van der Waals surface area contributed by atoms with Crippen molar-refractivity contribution in [1.82, 2.24) is 0 Å². The molecule has 0 spiro atoms. The highest BCUT2D eigenvalue weighted by molar-refractivity contribution is 7.98. The van der Waals surface area contributed by atoms with Crippen molar-refractivity contribution >= 4 is 17.7 Å². The Morgan fingerprint density at radius 2 is 1.92 bits per heavy atom. The Morgan fingerprint density at radius 3 is 2.54 bits per heavy atom. The number of carbonyl (C=O) groups excluding carboxylic acids is 1. The lowest BCUT2D eigenvalue weighted by molar-refractivity contribution is -0.141. The largest absolute Gasteiger partial charge is 0.455 e. The molecule has 13 heavy (non-hydrogen) atoms. The van der Waals surface area contributed by atoms with Gasteiger partial charge in [0.05, 0.1) is 0 Å². The van der Waals surface area contributed by atoms with E-state index in [2.05, 4.69) is 6.92 Å². The molecule has 0 fully saturated rings. The van der Waals surface area contributed by atoms with E-state index in [4.69, 9.17) is 4.74 Å². The van der Waals surface area contributed by atoms with Gasteiger partial charge in [-0.15, -0.1) is 11.8 Å². The van der Waals surface area contributed by atoms with Crippen LogP contribution in [0.2, 0.25) is 0 Å². The molecule has 0 aromatic rings. The van der Waals surface area contributed by atoms with Crippen LogP contribution in [0.5, 0.6) is 0 Å². The molecule has 0 aliphatic rings. The molecular weight excluding hydrogens is 184 g/mol. The third-order valence-electron chi connectivity index (χ3n) is 1.82. The fourth-order valence-electron chi connectivity index (χ4n) is 1.07. The van der Waals surface area contributed by atoms with Crippen molar-refractivity contribution in [2.75, 3.05) is 12.2 Å². The van der Waals surface area contributed by atoms with Crippen LogP contribution in [-0.2, 0) is 9.53 Å². The topological polar surface area (TPSA) is 26.3 Å². The van der Waals surface area contributed by atoms with E-state index in [1.54, 1.807) is 0 Å². The third-order valence-corrected chi connectivity index (χ3v) is 2.18. The van der Waals surface area contributed by atoms with Crippen LogP contribution in [0.3, 0.4) is 0 Å². The van der Waals surface area contributed by atoms with Gasteiger partial charge in [0.25, 0.3) is 0 Å². The summed E-state index contributed by atoms with van der Waals surface area (Å²) in [6.07, 6.45) is 8.41. The molecule has 0 amide bonds. The maximum atomic E-state index is 11.0. The van der Waals surface area contributed by atoms with E-state index < -0.39 is 0 Å². The lowest BCUT2D eigenvalue weighted by atomic mass is 10.1. The highest BCUT2D eigenvalue weighted by atomic mass is 32.2. The molecule has 0 aliphatic heterocycles. The number of ether oxygens (including phenoxy) is 1. The molecule has 0 rings (SSSR count). The van der Waals surface area contributed by atoms with Crippen LogP contribution in [0.15, 0.2) is 0 Å². The standard InChI is InChI=1S/C10H20O2S/c1-3-4-5-6-7-8-10(11)12-9-13-2/h3-9H2,1-2H3. The second-order valence-electron chi connectivity index (χ2n) is 3.09. The van der Waals surface area contributed by atoms with Gasteiger partial charge in [-0.1, -0.05) is 32.6 Å². The summed E-state index contributed by atoms with van der Waals surface area (Å²) in [5.74, 6) is 0.444. The van der Waals surface area contributed by atoms with Gasteiger partial charge >= 0.3 is 5.97 Å². The average molecular weight is 204 g/mol. The first kappa shape index (κ1) is 12.8. The van der Waals surface area contributed by atoms with Crippen molar-refractivity contribution in [3.63, 3.8) is 0 Å². The lowest BCUT2D eigenvalue weighted by Gasteiger charge is -2.02. The maximum absolute atomic E-state index is 11.0. The van der Waals surface area contributed by atoms with Crippen LogP contribution < -0.4 is 0 Å². The van der Waals surface area contributed by atoms with Gasteiger partial charge < -0.3 is 4.74 Å². The molecule has 78 valence electrons. The fraction of sp³-hybridized carbons (Fsp3) is 0.900. The summed E-state index contributed by atoms with van der Waals surface area (Å²) in [5.41, 5.74) is 0. The van der Waals surface area contributed by atoms with Gasteiger partial charge in [0.1, 0.15) is 5.94 Å². The SMILES string of the molecule is CCCCCCCC(=O)OCSC. The van der Waals surface area contributed by atoms with E-state index in [1.165, 1.54) is 31.0 Å². The summed E-state index contributed by atoms with van der Waals surface area (Å²) in [6, 6.07) is 0. The number of carbonyl (C=O) groups is 1. The molecular formula is C10H20O2S. The van der Waals surface area contributed by atoms with E-state index in [0.29, 0.717) is 12.4 Å². The summed E-state index contributed by atoms with van der Waals surface area (Å²) in [6.45, 7) is 2.19. The Bertz CT molecular complexity index is 126. The van der Waals surface area contributed by atoms with Crippen molar-refractivity contribution in [3.8, 4) is 0 Å². The molecule has 0 N–H and O–H groups in total. The van der Waals surface area contributed by atoms with Crippen molar-refractivity contribution in [2.45, 2.75) is 45.4 Å². The number of hydrogen-bond donors (Lipinski definition) is 0. The summed E-state index contributed by atoms with van der Waals surface area (Å²) >= 11 is 1.53. The molecule has 0 heterocycles. The maximum Gasteiger partial charge on any atom is 0.306 e. The van der Waals surface area contributed by atoms with Crippen molar-refractivity contribution in [1.29, 1.82) is 0 Å². The second-order valence-corrected chi connectivity index (χ2v) is 3.90. The van der Waals surface area contributed by atoms with Gasteiger partial charge in [-0.2, -0.15) is 0 Å². The van der Waals surface area contributed by atoms with Crippen LogP contribution in [-0.4, -0.2) is 18.2 Å². The Kier molecular flexibility index (Phi) is 9.77. The Labute approximate surface area is 85.4 Å². The number of thioether (sulfide) groups is 1. The minimum Gasteiger partial charge on any atom is -0.455 e. The van der Waals surface area contributed by atoms with Crippen molar-refractivity contribution < 1.29 is 9.53 Å². The summed E-state index contributed by atoms with van der Waals surface area (Å²) in [4.78, 5) is 11.0. The minimum absolute atomic E-state index is 0.0501. The Hall–Kier alpha value is -0.180. The van der Waals surface area contributed by atoms with E-state index in [1.807, 2.05) is 6.26 Å². The molecule has 0 saturated carbocycles. The zero-order chi connectivity index (χ0) is 9.94. The number of unbranched alkanes of at least 4 members (excludes halogenated alkanes) is 4. The molecule has 0 aromatic heterocycles. The van der Waals surface area contributed by atoms with Gasteiger partial charge in [-0.3, -0.25) is 4.79 Å². The number of hydrogen-bond acceptors (Lipinski definition) is 3. The highest BCUT2D eigenvalue weighted by Gasteiger charge is 2.00. The zero-order valence-corrected chi connectivity index (χ0v) is 9.49. The quantitative estimate of drug-likeness (QED) is 0.345. The van der Waals surface area contributed by atoms with Gasteiger partial charge in [0, 0.05) is 6.42 Å². The van der Waals surface area contributed by atoms with E-state index >= 15 is 0 Å². The summed E-state index contributed by atoms with van der Waals surface area (Å²) in [5, 5.41) is 0. The van der Waals surface area contributed by atoms with Gasteiger partial charge in [-0.25, -0.2) is 0 Å². The first-order valence-corrected chi connectivity index (χ1v) is 6.35. The van der Waals surface area contributed by atoms with Crippen LogP contribution in [0.25, 0.3) is 0 Å². The highest BCUT2D eigenvalue weighted by Crippen LogP contribution is 2.06. The normalized spacial score (nSPS) is 10.0. The van der Waals surface area contributed by atoms with E-state index in [9.17, 15) is 4.79 Å². The zero-order valence-electron chi connectivity index (χ0n) is 8.67. The molecule has 0 aromatic carbocycles. The third kappa shape index (κ3) is 9.74. The predicted molar refractivity (Wildman–Crippen MR) is 57.9 cm³/mol. The van der Waals surface area contributed by atoms with E-state index in [-0.39, 0.29) is 5.97 Å². The average Bonchev–Trinajstić information content (AvgIpc) is 2.14. The van der Waals surface area contributed by atoms with Crippen LogP contribution >= 0.6 is 11.8 Å². The fourth-order valence-corrected chi connectivity index (χ4v) is 1.32. The van der Waals surface area contributed by atoms with Gasteiger partial charge in [0.2, 0.25) is 0 Å². The monoisotopic (exact) mass is 204 g/mol. The first-order valence-electron chi connectivity index (χ1n) is 4.95. The Morgan fingerprint density at radius 1 is 1.23 bits per heavy atom. The van der Waals surface area contributed by atoms with Gasteiger partial charge in [-0.05, 0) is 12.7 Å². The minimum atomic E-state index is -0.0501. The molecule has 0 radical (unpaired) electrons. The lowest BCUT2D eigenvalue weighted by Crippen LogP contribution is -2.03. The van der Waals surface area contributed by atoms with Crippen molar-refractivity contribution in [3.05, 3.63) is 0 Å². The van der Waals surface area contributed by atoms with Gasteiger partial charge in [0.15, 0.2) is 0 Å². The van der Waals surface area contributed by atoms with Crippen molar-refractivity contribution in [2.24, 2.45) is 0 Å². The van der Waals surface area contributed by atoms with Crippen LogP contribution in [0, 0.1) is 0 Å². The molecule has 0 saturated heterocycles. The molecule has 0 atom stereocenters. The van der Waals surface area contributed by atoms with E-state index in [0.717, 1.165) is 12.8 Å². The Balaban J connectivity index is 3.08. The molecule has 0 aliphatic carbocycles.